The summed E-state index contributed by atoms with van der Waals surface area (Å²) in [6.45, 7) is 0.435. The van der Waals surface area contributed by atoms with E-state index in [-0.39, 0.29) is 5.91 Å². The van der Waals surface area contributed by atoms with Crippen LogP contribution in [0.25, 0.3) is 0 Å². The van der Waals surface area contributed by atoms with Crippen LogP contribution in [0, 0.1) is 0 Å². The van der Waals surface area contributed by atoms with Crippen LogP contribution in [0.5, 0.6) is 23.0 Å². The van der Waals surface area contributed by atoms with Gasteiger partial charge in [0, 0.05) is 11.6 Å². The van der Waals surface area contributed by atoms with Gasteiger partial charge in [-0.1, -0.05) is 30.3 Å². The van der Waals surface area contributed by atoms with E-state index in [9.17, 15) is 4.79 Å². The van der Waals surface area contributed by atoms with Gasteiger partial charge in [-0.25, -0.2) is 5.43 Å². The van der Waals surface area contributed by atoms with Crippen LogP contribution >= 0.6 is 0 Å². The molecule has 0 aliphatic carbocycles. The number of ether oxygens (including phenoxy) is 4. The molecule has 160 valence electrons. The standard InChI is InChI=1S/C24H24N2O5/c1-28-20-12-19(13-21(14-20)29-2)24(27)26-25-15-18-9-10-22(23(11-18)30-3)31-16-17-7-5-4-6-8-17/h4-15H,16H2,1-3H3,(H,26,27). The van der Waals surface area contributed by atoms with Crippen molar-refractivity contribution in [3.05, 3.63) is 83.4 Å². The number of amides is 1. The fourth-order valence-electron chi connectivity index (χ4n) is 2.79. The van der Waals surface area contributed by atoms with Crippen molar-refractivity contribution in [2.75, 3.05) is 21.3 Å². The molecule has 31 heavy (non-hydrogen) atoms. The minimum absolute atomic E-state index is 0.371. The lowest BCUT2D eigenvalue weighted by molar-refractivity contribution is 0.0954. The summed E-state index contributed by atoms with van der Waals surface area (Å²) in [5, 5.41) is 4.03. The summed E-state index contributed by atoms with van der Waals surface area (Å²) in [6.07, 6.45) is 1.53. The summed E-state index contributed by atoms with van der Waals surface area (Å²) in [5.74, 6) is 1.84. The molecule has 0 bridgehead atoms. The average Bonchev–Trinajstić information content (AvgIpc) is 2.83. The van der Waals surface area contributed by atoms with E-state index in [1.807, 2.05) is 36.4 Å². The van der Waals surface area contributed by atoms with Gasteiger partial charge in [-0.3, -0.25) is 4.79 Å². The second-order valence-corrected chi connectivity index (χ2v) is 6.49. The molecule has 1 amide bonds. The van der Waals surface area contributed by atoms with E-state index in [0.29, 0.717) is 35.2 Å². The predicted molar refractivity (Wildman–Crippen MR) is 118 cm³/mol. The van der Waals surface area contributed by atoms with Crippen molar-refractivity contribution in [2.24, 2.45) is 5.10 Å². The molecule has 3 aromatic carbocycles. The lowest BCUT2D eigenvalue weighted by Gasteiger charge is -2.11. The molecule has 0 heterocycles. The Hall–Kier alpha value is -4.00. The van der Waals surface area contributed by atoms with Crippen LogP contribution in [-0.2, 0) is 6.61 Å². The van der Waals surface area contributed by atoms with E-state index in [0.717, 1.165) is 11.1 Å². The maximum Gasteiger partial charge on any atom is 0.271 e. The molecule has 0 aromatic heterocycles. The zero-order valence-electron chi connectivity index (χ0n) is 17.6. The van der Waals surface area contributed by atoms with Gasteiger partial charge in [0.15, 0.2) is 11.5 Å². The molecule has 0 aliphatic rings. The third kappa shape index (κ3) is 5.99. The lowest BCUT2D eigenvalue weighted by Crippen LogP contribution is -2.17. The summed E-state index contributed by atoms with van der Waals surface area (Å²) in [4.78, 5) is 12.4. The SMILES string of the molecule is COc1cc(OC)cc(C(=O)NN=Cc2ccc(OCc3ccccc3)c(OC)c2)c1. The Labute approximate surface area is 181 Å². The van der Waals surface area contributed by atoms with Gasteiger partial charge in [0.05, 0.1) is 27.5 Å². The van der Waals surface area contributed by atoms with E-state index in [2.05, 4.69) is 10.5 Å². The van der Waals surface area contributed by atoms with Crippen LogP contribution in [0.4, 0.5) is 0 Å². The molecule has 7 heteroatoms. The molecule has 0 atom stereocenters. The van der Waals surface area contributed by atoms with E-state index < -0.39 is 0 Å². The van der Waals surface area contributed by atoms with Crippen molar-refractivity contribution >= 4 is 12.1 Å². The fraction of sp³-hybridized carbons (Fsp3) is 0.167. The molecule has 1 N–H and O–H groups in total. The van der Waals surface area contributed by atoms with Crippen LogP contribution in [0.3, 0.4) is 0 Å². The predicted octanol–water partition coefficient (Wildman–Crippen LogP) is 4.06. The van der Waals surface area contributed by atoms with Crippen molar-refractivity contribution in [2.45, 2.75) is 6.61 Å². The van der Waals surface area contributed by atoms with Crippen molar-refractivity contribution in [1.82, 2.24) is 5.43 Å². The average molecular weight is 420 g/mol. The van der Waals surface area contributed by atoms with Crippen LogP contribution in [-0.4, -0.2) is 33.5 Å². The first kappa shape index (κ1) is 21.7. The molecule has 0 saturated heterocycles. The Morgan fingerprint density at radius 2 is 1.58 bits per heavy atom. The van der Waals surface area contributed by atoms with Crippen LogP contribution in [0.15, 0.2) is 71.8 Å². The summed E-state index contributed by atoms with van der Waals surface area (Å²) in [6, 6.07) is 20.2. The number of nitrogens with zero attached hydrogens (tertiary/aromatic N) is 1. The Bertz CT molecular complexity index is 1030. The first-order valence-corrected chi connectivity index (χ1v) is 9.54. The van der Waals surface area contributed by atoms with Gasteiger partial charge in [0.2, 0.25) is 0 Å². The maximum absolute atomic E-state index is 12.4. The van der Waals surface area contributed by atoms with Crippen molar-refractivity contribution in [3.8, 4) is 23.0 Å². The topological polar surface area (TPSA) is 78.4 Å². The van der Waals surface area contributed by atoms with E-state index in [1.54, 1.807) is 37.4 Å². The molecule has 0 fully saturated rings. The second-order valence-electron chi connectivity index (χ2n) is 6.49. The lowest BCUT2D eigenvalue weighted by atomic mass is 10.2. The molecule has 0 saturated carbocycles. The molecule has 3 rings (SSSR count). The zero-order valence-corrected chi connectivity index (χ0v) is 17.6. The van der Waals surface area contributed by atoms with Crippen LogP contribution in [0.2, 0.25) is 0 Å². The monoisotopic (exact) mass is 420 g/mol. The number of nitrogens with one attached hydrogen (secondary N) is 1. The second kappa shape index (κ2) is 10.7. The summed E-state index contributed by atoms with van der Waals surface area (Å²) in [7, 11) is 4.62. The largest absolute Gasteiger partial charge is 0.497 e. The highest BCUT2D eigenvalue weighted by Crippen LogP contribution is 2.28. The Morgan fingerprint density at radius 1 is 0.871 bits per heavy atom. The highest BCUT2D eigenvalue weighted by Gasteiger charge is 2.09. The first-order valence-electron chi connectivity index (χ1n) is 9.54. The number of carbonyl (C=O) groups excluding carboxylic acids is 1. The Morgan fingerprint density at radius 3 is 2.23 bits per heavy atom. The van der Waals surface area contributed by atoms with Gasteiger partial charge < -0.3 is 18.9 Å². The molecular formula is C24H24N2O5. The van der Waals surface area contributed by atoms with Crippen LogP contribution < -0.4 is 24.4 Å². The third-order valence-corrected chi connectivity index (χ3v) is 4.42. The third-order valence-electron chi connectivity index (χ3n) is 4.42. The molecule has 0 radical (unpaired) electrons. The van der Waals surface area contributed by atoms with E-state index >= 15 is 0 Å². The number of rotatable bonds is 9. The first-order chi connectivity index (χ1) is 15.1. The number of hydrogen-bond acceptors (Lipinski definition) is 6. The minimum atomic E-state index is -0.386. The number of carbonyl (C=O) groups is 1. The highest BCUT2D eigenvalue weighted by atomic mass is 16.5. The molecule has 0 unspecified atom stereocenters. The number of benzene rings is 3. The van der Waals surface area contributed by atoms with Crippen molar-refractivity contribution < 1.29 is 23.7 Å². The number of methoxy groups -OCH3 is 3. The summed E-state index contributed by atoms with van der Waals surface area (Å²) in [5.41, 5.74) is 4.67. The number of hydrogen-bond donors (Lipinski definition) is 1. The molecular weight excluding hydrogens is 396 g/mol. The van der Waals surface area contributed by atoms with E-state index in [4.69, 9.17) is 18.9 Å². The van der Waals surface area contributed by atoms with Crippen molar-refractivity contribution in [1.29, 1.82) is 0 Å². The molecule has 3 aromatic rings. The van der Waals surface area contributed by atoms with Gasteiger partial charge in [0.25, 0.3) is 5.91 Å². The van der Waals surface area contributed by atoms with Crippen LogP contribution in [0.1, 0.15) is 21.5 Å². The van der Waals surface area contributed by atoms with Gasteiger partial charge in [0.1, 0.15) is 18.1 Å². The fourth-order valence-corrected chi connectivity index (χ4v) is 2.79. The number of hydrazone groups is 1. The van der Waals surface area contributed by atoms with Gasteiger partial charge in [-0.2, -0.15) is 5.10 Å². The van der Waals surface area contributed by atoms with Gasteiger partial charge in [-0.05, 0) is 41.5 Å². The summed E-state index contributed by atoms with van der Waals surface area (Å²) < 4.78 is 21.6. The molecule has 7 nitrogen and oxygen atoms in total. The highest BCUT2D eigenvalue weighted by molar-refractivity contribution is 5.95. The Kier molecular flexibility index (Phi) is 7.48. The molecule has 0 spiro atoms. The maximum atomic E-state index is 12.4. The quantitative estimate of drug-likeness (QED) is 0.417. The Balaban J connectivity index is 1.65. The van der Waals surface area contributed by atoms with Crippen molar-refractivity contribution in [3.63, 3.8) is 0 Å². The smallest absolute Gasteiger partial charge is 0.271 e. The molecule has 0 aliphatic heterocycles. The normalized spacial score (nSPS) is 10.5. The van der Waals surface area contributed by atoms with Gasteiger partial charge in [-0.15, -0.1) is 0 Å². The zero-order chi connectivity index (χ0) is 22.1. The summed E-state index contributed by atoms with van der Waals surface area (Å²) >= 11 is 0. The van der Waals surface area contributed by atoms with Gasteiger partial charge >= 0.3 is 0 Å². The minimum Gasteiger partial charge on any atom is -0.497 e. The van der Waals surface area contributed by atoms with E-state index in [1.165, 1.54) is 20.4 Å².